The predicted octanol–water partition coefficient (Wildman–Crippen LogP) is 1.02. The van der Waals surface area contributed by atoms with Gasteiger partial charge < -0.3 is 10.8 Å². The van der Waals surface area contributed by atoms with Gasteiger partial charge in [-0.15, -0.1) is 0 Å². The van der Waals surface area contributed by atoms with Gasteiger partial charge in [0.1, 0.15) is 0 Å². The first-order valence-corrected chi connectivity index (χ1v) is 7.91. The van der Waals surface area contributed by atoms with Gasteiger partial charge in [-0.2, -0.15) is 0 Å². The normalized spacial score (nSPS) is 23.7. The Morgan fingerprint density at radius 2 is 2.16 bits per heavy atom. The van der Waals surface area contributed by atoms with Crippen LogP contribution < -0.4 is 10.5 Å². The number of anilines is 1. The molecule has 5 nitrogen and oxygen atoms in total. The molecule has 1 aliphatic rings. The van der Waals surface area contributed by atoms with Crippen molar-refractivity contribution in [2.45, 2.75) is 37.1 Å². The van der Waals surface area contributed by atoms with Crippen LogP contribution in [0.15, 0.2) is 23.1 Å². The van der Waals surface area contributed by atoms with Crippen LogP contribution in [0.2, 0.25) is 0 Å². The molecule has 1 aromatic carbocycles. The molecule has 0 heterocycles. The molecule has 0 aromatic heterocycles. The third-order valence-electron chi connectivity index (χ3n) is 3.76. The maximum Gasteiger partial charge on any atom is 0.240 e. The fourth-order valence-electron chi connectivity index (χ4n) is 2.46. The Labute approximate surface area is 113 Å². The standard InChI is InChI=1S/C13H20N2O3S/c1-9-5-6-11(7-12(9)14)19(17,18)15-13-4-2-3-10(13)8-16/h5-7,10,13,15-16H,2-4,8,14H2,1H3. The van der Waals surface area contributed by atoms with E-state index in [9.17, 15) is 13.5 Å². The minimum atomic E-state index is -3.57. The van der Waals surface area contributed by atoms with Crippen LogP contribution in [0.5, 0.6) is 0 Å². The second-order valence-electron chi connectivity index (χ2n) is 5.12. The van der Waals surface area contributed by atoms with Gasteiger partial charge in [-0.05, 0) is 43.4 Å². The molecule has 2 atom stereocenters. The van der Waals surface area contributed by atoms with E-state index in [1.807, 2.05) is 6.92 Å². The Kier molecular flexibility index (Phi) is 4.13. The molecule has 2 rings (SSSR count). The monoisotopic (exact) mass is 284 g/mol. The van der Waals surface area contributed by atoms with Crippen molar-refractivity contribution in [2.24, 2.45) is 5.92 Å². The number of benzene rings is 1. The number of aliphatic hydroxyl groups is 1. The second kappa shape index (κ2) is 5.48. The van der Waals surface area contributed by atoms with E-state index < -0.39 is 10.0 Å². The van der Waals surface area contributed by atoms with Crippen LogP contribution in [0.3, 0.4) is 0 Å². The minimum absolute atomic E-state index is 0.0116. The van der Waals surface area contributed by atoms with Gasteiger partial charge >= 0.3 is 0 Å². The molecule has 2 unspecified atom stereocenters. The molecular weight excluding hydrogens is 264 g/mol. The highest BCUT2D eigenvalue weighted by atomic mass is 32.2. The summed E-state index contributed by atoms with van der Waals surface area (Å²) >= 11 is 0. The molecule has 0 aliphatic heterocycles. The Bertz CT molecular complexity index is 557. The van der Waals surface area contributed by atoms with Crippen LogP contribution in [0.4, 0.5) is 5.69 Å². The van der Waals surface area contributed by atoms with Gasteiger partial charge in [-0.1, -0.05) is 12.5 Å². The van der Waals surface area contributed by atoms with Gasteiger partial charge in [0.25, 0.3) is 0 Å². The van der Waals surface area contributed by atoms with Crippen molar-refractivity contribution in [2.75, 3.05) is 12.3 Å². The molecule has 0 saturated heterocycles. The summed E-state index contributed by atoms with van der Waals surface area (Å²) < 4.78 is 27.2. The van der Waals surface area contributed by atoms with Gasteiger partial charge in [-0.25, -0.2) is 13.1 Å². The Balaban J connectivity index is 2.20. The van der Waals surface area contributed by atoms with Gasteiger partial charge in [0.05, 0.1) is 4.90 Å². The summed E-state index contributed by atoms with van der Waals surface area (Å²) in [7, 11) is -3.57. The average molecular weight is 284 g/mol. The number of nitrogens with one attached hydrogen (secondary N) is 1. The van der Waals surface area contributed by atoms with E-state index in [0.717, 1.165) is 24.8 Å². The maximum atomic E-state index is 12.3. The molecule has 0 radical (unpaired) electrons. The highest BCUT2D eigenvalue weighted by Gasteiger charge is 2.30. The van der Waals surface area contributed by atoms with E-state index in [0.29, 0.717) is 5.69 Å². The fourth-order valence-corrected chi connectivity index (χ4v) is 3.84. The SMILES string of the molecule is Cc1ccc(S(=O)(=O)NC2CCCC2CO)cc1N. The summed E-state index contributed by atoms with van der Waals surface area (Å²) in [5.74, 6) is 0.0116. The molecule has 0 bridgehead atoms. The third-order valence-corrected chi connectivity index (χ3v) is 5.25. The number of nitrogen functional groups attached to an aromatic ring is 1. The topological polar surface area (TPSA) is 92.4 Å². The number of aliphatic hydroxyl groups excluding tert-OH is 1. The first kappa shape index (κ1) is 14.3. The lowest BCUT2D eigenvalue weighted by Crippen LogP contribution is -2.38. The van der Waals surface area contributed by atoms with Crippen LogP contribution in [-0.2, 0) is 10.0 Å². The Morgan fingerprint density at radius 3 is 2.79 bits per heavy atom. The lowest BCUT2D eigenvalue weighted by molar-refractivity contribution is 0.213. The number of hydrogen-bond donors (Lipinski definition) is 3. The van der Waals surface area contributed by atoms with E-state index >= 15 is 0 Å². The molecule has 6 heteroatoms. The van der Waals surface area contributed by atoms with Crippen LogP contribution in [-0.4, -0.2) is 26.2 Å². The molecule has 106 valence electrons. The highest BCUT2D eigenvalue weighted by Crippen LogP contribution is 2.27. The van der Waals surface area contributed by atoms with Crippen LogP contribution in [0, 0.1) is 12.8 Å². The van der Waals surface area contributed by atoms with Crippen molar-refractivity contribution < 1.29 is 13.5 Å². The molecule has 1 aromatic rings. The number of rotatable bonds is 4. The molecule has 1 fully saturated rings. The van der Waals surface area contributed by atoms with E-state index in [-0.39, 0.29) is 23.5 Å². The zero-order valence-corrected chi connectivity index (χ0v) is 11.8. The quantitative estimate of drug-likeness (QED) is 0.720. The molecule has 0 amide bonds. The first-order chi connectivity index (χ1) is 8.94. The zero-order chi connectivity index (χ0) is 14.0. The Hall–Kier alpha value is -1.11. The molecule has 1 saturated carbocycles. The highest BCUT2D eigenvalue weighted by molar-refractivity contribution is 7.89. The molecule has 1 aliphatic carbocycles. The second-order valence-corrected chi connectivity index (χ2v) is 6.83. The molecule has 19 heavy (non-hydrogen) atoms. The maximum absolute atomic E-state index is 12.3. The van der Waals surface area contributed by atoms with Gasteiger partial charge in [0.2, 0.25) is 10.0 Å². The summed E-state index contributed by atoms with van der Waals surface area (Å²) in [5, 5.41) is 9.23. The third kappa shape index (κ3) is 3.08. The van der Waals surface area contributed by atoms with Crippen molar-refractivity contribution in [1.82, 2.24) is 4.72 Å². The largest absolute Gasteiger partial charge is 0.398 e. The van der Waals surface area contributed by atoms with Gasteiger partial charge in [0, 0.05) is 18.3 Å². The van der Waals surface area contributed by atoms with Gasteiger partial charge in [0.15, 0.2) is 0 Å². The molecule has 0 spiro atoms. The summed E-state index contributed by atoms with van der Waals surface area (Å²) in [6.07, 6.45) is 2.57. The van der Waals surface area contributed by atoms with E-state index in [1.54, 1.807) is 12.1 Å². The minimum Gasteiger partial charge on any atom is -0.398 e. The fraction of sp³-hybridized carbons (Fsp3) is 0.538. The Morgan fingerprint density at radius 1 is 1.42 bits per heavy atom. The van der Waals surface area contributed by atoms with Crippen molar-refractivity contribution in [1.29, 1.82) is 0 Å². The average Bonchev–Trinajstić information content (AvgIpc) is 2.79. The van der Waals surface area contributed by atoms with E-state index in [1.165, 1.54) is 6.07 Å². The summed E-state index contributed by atoms with van der Waals surface area (Å²) in [4.78, 5) is 0.180. The van der Waals surface area contributed by atoms with Crippen molar-refractivity contribution in [3.05, 3.63) is 23.8 Å². The summed E-state index contributed by atoms with van der Waals surface area (Å²) in [6.45, 7) is 1.85. The number of sulfonamides is 1. The lowest BCUT2D eigenvalue weighted by atomic mass is 10.1. The van der Waals surface area contributed by atoms with Crippen molar-refractivity contribution in [3.63, 3.8) is 0 Å². The van der Waals surface area contributed by atoms with E-state index in [4.69, 9.17) is 5.73 Å². The van der Waals surface area contributed by atoms with Crippen LogP contribution in [0.1, 0.15) is 24.8 Å². The van der Waals surface area contributed by atoms with Gasteiger partial charge in [-0.3, -0.25) is 0 Å². The number of nitrogens with two attached hydrogens (primary N) is 1. The summed E-state index contributed by atoms with van der Waals surface area (Å²) in [6, 6.07) is 4.54. The molecule has 4 N–H and O–H groups in total. The lowest BCUT2D eigenvalue weighted by Gasteiger charge is -2.19. The number of hydrogen-bond acceptors (Lipinski definition) is 4. The van der Waals surface area contributed by atoms with Crippen molar-refractivity contribution in [3.8, 4) is 0 Å². The predicted molar refractivity (Wildman–Crippen MR) is 74.1 cm³/mol. The smallest absolute Gasteiger partial charge is 0.240 e. The van der Waals surface area contributed by atoms with Crippen LogP contribution >= 0.6 is 0 Å². The van der Waals surface area contributed by atoms with Crippen LogP contribution in [0.25, 0.3) is 0 Å². The molecular formula is C13H20N2O3S. The van der Waals surface area contributed by atoms with Crippen molar-refractivity contribution >= 4 is 15.7 Å². The first-order valence-electron chi connectivity index (χ1n) is 6.43. The number of aryl methyl sites for hydroxylation is 1. The van der Waals surface area contributed by atoms with E-state index in [2.05, 4.69) is 4.72 Å². The zero-order valence-electron chi connectivity index (χ0n) is 11.0. The summed E-state index contributed by atoms with van der Waals surface area (Å²) in [5.41, 5.74) is 7.07.